The SMILES string of the molecule is CCNC(=NCCNC(=O)C(C)C)N(C)Cc1cc(Cl)cn1C.I. The number of aryl methyl sites for hydroxylation is 1. The summed E-state index contributed by atoms with van der Waals surface area (Å²) < 4.78 is 2.01. The van der Waals surface area contributed by atoms with E-state index in [-0.39, 0.29) is 35.8 Å². The summed E-state index contributed by atoms with van der Waals surface area (Å²) >= 11 is 6.02. The maximum Gasteiger partial charge on any atom is 0.222 e. The van der Waals surface area contributed by atoms with Gasteiger partial charge in [-0.2, -0.15) is 0 Å². The number of nitrogens with one attached hydrogen (secondary N) is 2. The predicted molar refractivity (Wildman–Crippen MR) is 111 cm³/mol. The number of rotatable bonds is 7. The van der Waals surface area contributed by atoms with Gasteiger partial charge in [0.05, 0.1) is 18.1 Å². The lowest BCUT2D eigenvalue weighted by Gasteiger charge is -2.22. The zero-order valence-corrected chi connectivity index (χ0v) is 18.2. The fourth-order valence-corrected chi connectivity index (χ4v) is 2.33. The van der Waals surface area contributed by atoms with Gasteiger partial charge in [0.1, 0.15) is 0 Å². The molecule has 0 atom stereocenters. The smallest absolute Gasteiger partial charge is 0.222 e. The fraction of sp³-hybridized carbons (Fsp3) is 0.625. The van der Waals surface area contributed by atoms with E-state index in [0.29, 0.717) is 19.6 Å². The number of aliphatic imine (C=N–C) groups is 1. The highest BCUT2D eigenvalue weighted by molar-refractivity contribution is 14.0. The third-order valence-electron chi connectivity index (χ3n) is 3.37. The van der Waals surface area contributed by atoms with Gasteiger partial charge in [-0.05, 0) is 13.0 Å². The minimum atomic E-state index is -0.00280. The molecule has 6 nitrogen and oxygen atoms in total. The summed E-state index contributed by atoms with van der Waals surface area (Å²) in [5.74, 6) is 0.859. The van der Waals surface area contributed by atoms with Gasteiger partial charge in [0.2, 0.25) is 5.91 Å². The lowest BCUT2D eigenvalue weighted by atomic mass is 10.2. The Morgan fingerprint density at radius 1 is 1.42 bits per heavy atom. The zero-order valence-electron chi connectivity index (χ0n) is 15.1. The van der Waals surface area contributed by atoms with Gasteiger partial charge in [0.25, 0.3) is 0 Å². The van der Waals surface area contributed by atoms with Crippen LogP contribution in [0.2, 0.25) is 5.02 Å². The van der Waals surface area contributed by atoms with Crippen molar-refractivity contribution in [2.45, 2.75) is 27.3 Å². The molecule has 0 saturated carbocycles. The maximum atomic E-state index is 11.5. The highest BCUT2D eigenvalue weighted by atomic mass is 127. The third kappa shape index (κ3) is 7.74. The standard InChI is InChI=1S/C16H28ClN5O.HI/c1-6-18-16(20-8-7-19-15(23)12(2)3)22(5)11-14-9-13(17)10-21(14)4;/h9-10,12H,6-8,11H2,1-5H3,(H,18,20)(H,19,23);1H. The molecule has 1 rings (SSSR count). The van der Waals surface area contributed by atoms with Gasteiger partial charge in [-0.15, -0.1) is 24.0 Å². The van der Waals surface area contributed by atoms with Crippen molar-refractivity contribution in [1.82, 2.24) is 20.1 Å². The summed E-state index contributed by atoms with van der Waals surface area (Å²) in [6.07, 6.45) is 1.89. The Morgan fingerprint density at radius 2 is 2.08 bits per heavy atom. The molecule has 1 amide bonds. The molecule has 2 N–H and O–H groups in total. The van der Waals surface area contributed by atoms with Crippen molar-refractivity contribution >= 4 is 47.4 Å². The summed E-state index contributed by atoms with van der Waals surface area (Å²) in [7, 11) is 3.95. The molecule has 1 heterocycles. The number of halogens is 2. The zero-order chi connectivity index (χ0) is 17.4. The minimum Gasteiger partial charge on any atom is -0.357 e. The Kier molecular flexibility index (Phi) is 11.1. The van der Waals surface area contributed by atoms with Crippen molar-refractivity contribution in [1.29, 1.82) is 0 Å². The van der Waals surface area contributed by atoms with Crippen LogP contribution in [0.15, 0.2) is 17.3 Å². The second-order valence-corrected chi connectivity index (χ2v) is 6.23. The summed E-state index contributed by atoms with van der Waals surface area (Å²) in [6.45, 7) is 8.35. The Labute approximate surface area is 167 Å². The molecule has 0 aromatic carbocycles. The van der Waals surface area contributed by atoms with Crippen molar-refractivity contribution in [3.05, 3.63) is 23.0 Å². The topological polar surface area (TPSA) is 61.7 Å². The molecule has 0 radical (unpaired) electrons. The first-order valence-electron chi connectivity index (χ1n) is 7.93. The summed E-state index contributed by atoms with van der Waals surface area (Å²) in [6, 6.07) is 1.95. The number of carbonyl (C=O) groups is 1. The molecule has 1 aromatic heterocycles. The van der Waals surface area contributed by atoms with E-state index in [9.17, 15) is 4.79 Å². The second-order valence-electron chi connectivity index (χ2n) is 5.80. The average Bonchev–Trinajstić information content (AvgIpc) is 2.79. The molecule has 1 aromatic rings. The number of guanidine groups is 1. The summed E-state index contributed by atoms with van der Waals surface area (Å²) in [4.78, 5) is 18.1. The quantitative estimate of drug-likeness (QED) is 0.279. The lowest BCUT2D eigenvalue weighted by Crippen LogP contribution is -2.39. The normalized spacial score (nSPS) is 11.2. The summed E-state index contributed by atoms with van der Waals surface area (Å²) in [5.41, 5.74) is 1.11. The van der Waals surface area contributed by atoms with Crippen molar-refractivity contribution in [2.24, 2.45) is 18.0 Å². The van der Waals surface area contributed by atoms with Crippen LogP contribution in [0, 0.1) is 5.92 Å². The van der Waals surface area contributed by atoms with Crippen LogP contribution in [0.1, 0.15) is 26.5 Å². The van der Waals surface area contributed by atoms with E-state index >= 15 is 0 Å². The van der Waals surface area contributed by atoms with Crippen molar-refractivity contribution < 1.29 is 4.79 Å². The monoisotopic (exact) mass is 469 g/mol. The first kappa shape index (κ1) is 23.0. The van der Waals surface area contributed by atoms with E-state index < -0.39 is 0 Å². The van der Waals surface area contributed by atoms with Crippen molar-refractivity contribution in [3.8, 4) is 0 Å². The van der Waals surface area contributed by atoms with Crippen LogP contribution >= 0.6 is 35.6 Å². The van der Waals surface area contributed by atoms with Crippen LogP contribution in [0.3, 0.4) is 0 Å². The van der Waals surface area contributed by atoms with E-state index in [4.69, 9.17) is 11.6 Å². The number of amides is 1. The highest BCUT2D eigenvalue weighted by Gasteiger charge is 2.10. The van der Waals surface area contributed by atoms with Gasteiger partial charge >= 0.3 is 0 Å². The molecule has 0 fully saturated rings. The summed E-state index contributed by atoms with van der Waals surface area (Å²) in [5, 5.41) is 6.86. The van der Waals surface area contributed by atoms with Crippen LogP contribution in [-0.2, 0) is 18.4 Å². The molecule has 8 heteroatoms. The number of hydrogen-bond donors (Lipinski definition) is 2. The first-order chi connectivity index (χ1) is 10.8. The van der Waals surface area contributed by atoms with Crippen LogP contribution < -0.4 is 10.6 Å². The number of carbonyl (C=O) groups excluding carboxylic acids is 1. The van der Waals surface area contributed by atoms with Crippen molar-refractivity contribution in [2.75, 3.05) is 26.7 Å². The van der Waals surface area contributed by atoms with E-state index in [2.05, 4.69) is 15.6 Å². The molecule has 0 aliphatic rings. The number of nitrogens with zero attached hydrogens (tertiary/aromatic N) is 3. The fourth-order valence-electron chi connectivity index (χ4n) is 2.06. The number of hydrogen-bond acceptors (Lipinski definition) is 2. The Hall–Kier alpha value is -0.960. The van der Waals surface area contributed by atoms with Gasteiger partial charge in [-0.25, -0.2) is 0 Å². The maximum absolute atomic E-state index is 11.5. The van der Waals surface area contributed by atoms with Gasteiger partial charge in [-0.3, -0.25) is 9.79 Å². The Bertz CT molecular complexity index is 545. The molecule has 0 spiro atoms. The molecular weight excluding hydrogens is 441 g/mol. The predicted octanol–water partition coefficient (Wildman–Crippen LogP) is 2.47. The molecule has 0 aliphatic carbocycles. The van der Waals surface area contributed by atoms with Gasteiger partial charge in [0, 0.05) is 45.0 Å². The lowest BCUT2D eigenvalue weighted by molar-refractivity contribution is -0.123. The van der Waals surface area contributed by atoms with E-state index in [1.807, 2.05) is 56.6 Å². The molecule has 0 saturated heterocycles. The highest BCUT2D eigenvalue weighted by Crippen LogP contribution is 2.14. The molecular formula is C16H29ClIN5O. The average molecular weight is 470 g/mol. The van der Waals surface area contributed by atoms with Crippen molar-refractivity contribution in [3.63, 3.8) is 0 Å². The van der Waals surface area contributed by atoms with Crippen LogP contribution in [0.25, 0.3) is 0 Å². The van der Waals surface area contributed by atoms with Crippen LogP contribution in [0.5, 0.6) is 0 Å². The van der Waals surface area contributed by atoms with Crippen LogP contribution in [-0.4, -0.2) is 48.0 Å². The molecule has 24 heavy (non-hydrogen) atoms. The molecule has 0 bridgehead atoms. The molecule has 0 unspecified atom stereocenters. The Morgan fingerprint density at radius 3 is 2.58 bits per heavy atom. The van der Waals surface area contributed by atoms with Crippen LogP contribution in [0.4, 0.5) is 0 Å². The minimum absolute atomic E-state index is 0. The molecule has 138 valence electrons. The van der Waals surface area contributed by atoms with Gasteiger partial charge in [-0.1, -0.05) is 25.4 Å². The van der Waals surface area contributed by atoms with E-state index in [0.717, 1.165) is 23.2 Å². The Balaban J connectivity index is 0.00000529. The van der Waals surface area contributed by atoms with Gasteiger partial charge < -0.3 is 20.1 Å². The first-order valence-corrected chi connectivity index (χ1v) is 8.30. The second kappa shape index (κ2) is 11.6. The molecule has 0 aliphatic heterocycles. The number of aromatic nitrogens is 1. The van der Waals surface area contributed by atoms with E-state index in [1.54, 1.807) is 0 Å². The van der Waals surface area contributed by atoms with Gasteiger partial charge in [0.15, 0.2) is 5.96 Å². The largest absolute Gasteiger partial charge is 0.357 e. The van der Waals surface area contributed by atoms with E-state index in [1.165, 1.54) is 0 Å². The third-order valence-corrected chi connectivity index (χ3v) is 3.57.